The van der Waals surface area contributed by atoms with Gasteiger partial charge in [-0.05, 0) is 66.3 Å². The molecule has 38 heavy (non-hydrogen) atoms. The second-order valence-corrected chi connectivity index (χ2v) is 11.1. The number of hydrogen-bond donors (Lipinski definition) is 1. The first-order valence-corrected chi connectivity index (χ1v) is 13.6. The van der Waals surface area contributed by atoms with Gasteiger partial charge >= 0.3 is 0 Å². The van der Waals surface area contributed by atoms with Crippen molar-refractivity contribution in [2.75, 3.05) is 10.2 Å². The van der Waals surface area contributed by atoms with Gasteiger partial charge in [-0.1, -0.05) is 91.1 Å². The van der Waals surface area contributed by atoms with Crippen LogP contribution < -0.4 is 10.2 Å². The summed E-state index contributed by atoms with van der Waals surface area (Å²) >= 11 is 0. The Morgan fingerprint density at radius 2 is 1.68 bits per heavy atom. The molecule has 186 valence electrons. The van der Waals surface area contributed by atoms with Gasteiger partial charge in [0.05, 0.1) is 12.1 Å². The standard InChI is InChI=1S/C35H29FN2/c1-34-26(15-9-17-33(34)38(25-11-3-2-4-12-25)31-16-8-7-14-28(31)34)24-18-20-30-29(22-24)35(36)27-13-6-5-10-23(27)19-21-32(35)37-30/h2-6,9-22,32-33,37H,7-8H2,1H3. The van der Waals surface area contributed by atoms with Crippen LogP contribution in [0.3, 0.4) is 0 Å². The van der Waals surface area contributed by atoms with E-state index in [0.29, 0.717) is 0 Å². The number of alkyl halides is 1. The SMILES string of the molecule is CC12C3=CCCC=C3N(c3ccccc3)C1C=CC=C2c1ccc2c(c1)C1(F)c3ccccc3C=CC1N2. The van der Waals surface area contributed by atoms with Crippen LogP contribution in [-0.4, -0.2) is 12.1 Å². The number of benzene rings is 3. The molecule has 1 saturated heterocycles. The zero-order valence-corrected chi connectivity index (χ0v) is 21.4. The van der Waals surface area contributed by atoms with E-state index in [2.05, 4.69) is 96.1 Å². The van der Waals surface area contributed by atoms with E-state index in [1.54, 1.807) is 0 Å². The highest BCUT2D eigenvalue weighted by atomic mass is 19.1. The normalized spacial score (nSPS) is 29.7. The van der Waals surface area contributed by atoms with Gasteiger partial charge in [0, 0.05) is 33.6 Å². The maximum Gasteiger partial charge on any atom is 0.187 e. The fraction of sp³-hybridized carbons (Fsp3) is 0.200. The van der Waals surface area contributed by atoms with Crippen molar-refractivity contribution in [3.05, 3.63) is 143 Å². The summed E-state index contributed by atoms with van der Waals surface area (Å²) < 4.78 is 17.2. The highest BCUT2D eigenvalue weighted by Crippen LogP contribution is 2.60. The Hall–Kier alpha value is -4.11. The zero-order chi connectivity index (χ0) is 25.5. The van der Waals surface area contributed by atoms with Crippen LogP contribution in [-0.2, 0) is 5.67 Å². The van der Waals surface area contributed by atoms with Crippen molar-refractivity contribution in [1.82, 2.24) is 0 Å². The van der Waals surface area contributed by atoms with E-state index in [1.165, 1.54) is 22.5 Å². The molecule has 0 spiro atoms. The van der Waals surface area contributed by atoms with Gasteiger partial charge in [-0.15, -0.1) is 0 Å². The maximum absolute atomic E-state index is 17.2. The van der Waals surface area contributed by atoms with E-state index in [4.69, 9.17) is 0 Å². The van der Waals surface area contributed by atoms with E-state index in [1.807, 2.05) is 36.4 Å². The fourth-order valence-corrected chi connectivity index (χ4v) is 7.47. The molecule has 0 amide bonds. The topological polar surface area (TPSA) is 15.3 Å². The van der Waals surface area contributed by atoms with Crippen molar-refractivity contribution in [3.8, 4) is 0 Å². The summed E-state index contributed by atoms with van der Waals surface area (Å²) in [5, 5.41) is 3.45. The van der Waals surface area contributed by atoms with Crippen molar-refractivity contribution in [3.63, 3.8) is 0 Å². The van der Waals surface area contributed by atoms with Crippen LogP contribution in [0.25, 0.3) is 11.6 Å². The number of allylic oxidation sites excluding steroid dienone is 5. The Balaban J connectivity index is 1.28. The average molecular weight is 497 g/mol. The summed E-state index contributed by atoms with van der Waals surface area (Å²) in [6.07, 6.45) is 17.7. The van der Waals surface area contributed by atoms with Crippen LogP contribution in [0, 0.1) is 5.41 Å². The minimum atomic E-state index is -1.59. The molecule has 4 atom stereocenters. The lowest BCUT2D eigenvalue weighted by Gasteiger charge is -2.38. The van der Waals surface area contributed by atoms with Gasteiger partial charge in [-0.2, -0.15) is 0 Å². The van der Waals surface area contributed by atoms with Gasteiger partial charge < -0.3 is 10.2 Å². The molecular weight excluding hydrogens is 467 g/mol. The zero-order valence-electron chi connectivity index (χ0n) is 21.4. The van der Waals surface area contributed by atoms with Crippen LogP contribution in [0.1, 0.15) is 42.0 Å². The number of anilines is 2. The third-order valence-electron chi connectivity index (χ3n) is 9.25. The van der Waals surface area contributed by atoms with E-state index in [-0.39, 0.29) is 11.5 Å². The molecule has 8 rings (SSSR count). The molecular formula is C35H29FN2. The van der Waals surface area contributed by atoms with Gasteiger partial charge in [0.25, 0.3) is 0 Å². The molecule has 0 bridgehead atoms. The Labute approximate surface area is 223 Å². The number of rotatable bonds is 2. The highest BCUT2D eigenvalue weighted by molar-refractivity contribution is 5.86. The molecule has 4 unspecified atom stereocenters. The van der Waals surface area contributed by atoms with Crippen molar-refractivity contribution in [1.29, 1.82) is 0 Å². The van der Waals surface area contributed by atoms with Crippen LogP contribution in [0.5, 0.6) is 0 Å². The molecule has 0 saturated carbocycles. The van der Waals surface area contributed by atoms with Gasteiger partial charge in [-0.25, -0.2) is 4.39 Å². The van der Waals surface area contributed by atoms with Crippen LogP contribution in [0.15, 0.2) is 121 Å². The highest BCUT2D eigenvalue weighted by Gasteiger charge is 2.54. The first-order valence-electron chi connectivity index (χ1n) is 13.6. The first kappa shape index (κ1) is 21.9. The van der Waals surface area contributed by atoms with Crippen molar-refractivity contribution in [2.45, 2.75) is 37.5 Å². The van der Waals surface area contributed by atoms with Crippen molar-refractivity contribution >= 4 is 23.0 Å². The van der Waals surface area contributed by atoms with E-state index >= 15 is 4.39 Å². The van der Waals surface area contributed by atoms with Gasteiger partial charge in [0.15, 0.2) is 5.67 Å². The molecule has 3 aromatic carbocycles. The van der Waals surface area contributed by atoms with Gasteiger partial charge in [0.1, 0.15) is 0 Å². The minimum absolute atomic E-state index is 0.150. The lowest BCUT2D eigenvalue weighted by Crippen LogP contribution is -2.38. The number of nitrogens with zero attached hydrogens (tertiary/aromatic N) is 1. The molecule has 1 fully saturated rings. The second-order valence-electron chi connectivity index (χ2n) is 11.1. The summed E-state index contributed by atoms with van der Waals surface area (Å²) in [4.78, 5) is 2.50. The summed E-state index contributed by atoms with van der Waals surface area (Å²) in [5.41, 5.74) is 7.71. The molecule has 5 aliphatic rings. The number of para-hydroxylation sites is 1. The minimum Gasteiger partial charge on any atom is -0.375 e. The van der Waals surface area contributed by atoms with E-state index in [9.17, 15) is 0 Å². The fourth-order valence-electron chi connectivity index (χ4n) is 7.47. The van der Waals surface area contributed by atoms with Crippen LogP contribution in [0.4, 0.5) is 15.8 Å². The van der Waals surface area contributed by atoms with E-state index < -0.39 is 11.7 Å². The number of hydrogen-bond acceptors (Lipinski definition) is 2. The van der Waals surface area contributed by atoms with Crippen molar-refractivity contribution < 1.29 is 4.39 Å². The molecule has 3 aromatic rings. The molecule has 2 aliphatic heterocycles. The van der Waals surface area contributed by atoms with Crippen LogP contribution >= 0.6 is 0 Å². The maximum atomic E-state index is 17.2. The quantitative estimate of drug-likeness (QED) is 0.385. The Morgan fingerprint density at radius 3 is 2.58 bits per heavy atom. The number of fused-ring (bicyclic) bond motifs is 8. The second kappa shape index (κ2) is 7.70. The predicted octanol–water partition coefficient (Wildman–Crippen LogP) is 8.17. The lowest BCUT2D eigenvalue weighted by atomic mass is 9.66. The molecule has 1 N–H and O–H groups in total. The molecule has 0 radical (unpaired) electrons. The number of nitrogens with one attached hydrogen (secondary N) is 1. The molecule has 2 heterocycles. The Kier molecular flexibility index (Phi) is 4.45. The largest absolute Gasteiger partial charge is 0.375 e. The summed E-state index contributed by atoms with van der Waals surface area (Å²) in [6, 6.07) is 24.7. The smallest absolute Gasteiger partial charge is 0.187 e. The van der Waals surface area contributed by atoms with Gasteiger partial charge in [0.2, 0.25) is 0 Å². The summed E-state index contributed by atoms with van der Waals surface area (Å²) in [6.45, 7) is 2.37. The Morgan fingerprint density at radius 1 is 0.868 bits per heavy atom. The predicted molar refractivity (Wildman–Crippen MR) is 155 cm³/mol. The molecule has 3 aliphatic carbocycles. The third-order valence-corrected chi connectivity index (χ3v) is 9.25. The Bertz CT molecular complexity index is 1640. The van der Waals surface area contributed by atoms with Gasteiger partial charge in [-0.3, -0.25) is 0 Å². The average Bonchev–Trinajstić information content (AvgIpc) is 3.41. The molecule has 3 heteroatoms. The third kappa shape index (κ3) is 2.71. The molecule has 2 nitrogen and oxygen atoms in total. The lowest BCUT2D eigenvalue weighted by molar-refractivity contribution is 0.219. The van der Waals surface area contributed by atoms with Crippen LogP contribution in [0.2, 0.25) is 0 Å². The van der Waals surface area contributed by atoms with Crippen molar-refractivity contribution in [2.24, 2.45) is 5.41 Å². The number of halogens is 1. The first-order chi connectivity index (χ1) is 18.6. The summed E-state index contributed by atoms with van der Waals surface area (Å²) in [7, 11) is 0. The van der Waals surface area contributed by atoms with E-state index in [0.717, 1.165) is 40.8 Å². The molecule has 0 aromatic heterocycles. The monoisotopic (exact) mass is 496 g/mol. The summed E-state index contributed by atoms with van der Waals surface area (Å²) in [5.74, 6) is 0.